The Bertz CT molecular complexity index is 886. The first kappa shape index (κ1) is 20.0. The number of nitrogens with zero attached hydrogens (tertiary/aromatic N) is 1. The fraction of sp³-hybridized carbons (Fsp3) is 0.150. The number of hydrogen-bond acceptors (Lipinski definition) is 5. The zero-order chi connectivity index (χ0) is 19.6. The molecule has 0 aromatic heterocycles. The molecule has 0 aliphatic heterocycles. The summed E-state index contributed by atoms with van der Waals surface area (Å²) in [5, 5.41) is 15.3. The molecule has 0 atom stereocenters. The van der Waals surface area contributed by atoms with E-state index in [0.717, 1.165) is 5.56 Å². The van der Waals surface area contributed by atoms with E-state index in [0.29, 0.717) is 22.8 Å². The van der Waals surface area contributed by atoms with Gasteiger partial charge in [0.25, 0.3) is 5.91 Å². The molecule has 6 nitrogen and oxygen atoms in total. The summed E-state index contributed by atoms with van der Waals surface area (Å²) >= 11 is 6.06. The maximum absolute atomic E-state index is 12.2. The molecule has 0 bridgehead atoms. The van der Waals surface area contributed by atoms with Crippen LogP contribution in [-0.2, 0) is 16.1 Å². The molecule has 7 heteroatoms. The number of hydrogen-bond donors (Lipinski definition) is 2. The van der Waals surface area contributed by atoms with Gasteiger partial charge in [-0.3, -0.25) is 4.79 Å². The number of esters is 1. The number of carbonyl (C=O) groups is 2. The van der Waals surface area contributed by atoms with Gasteiger partial charge < -0.3 is 15.4 Å². The molecule has 1 amide bonds. The van der Waals surface area contributed by atoms with Crippen LogP contribution in [0.2, 0.25) is 5.02 Å². The normalized spacial score (nSPS) is 10.6. The highest BCUT2D eigenvalue weighted by Crippen LogP contribution is 2.15. The maximum Gasteiger partial charge on any atom is 0.338 e. The molecular weight excluding hydrogens is 366 g/mol. The average Bonchev–Trinajstić information content (AvgIpc) is 2.67. The van der Waals surface area contributed by atoms with Gasteiger partial charge in [0.15, 0.2) is 0 Å². The molecule has 2 N–H and O–H groups in total. The zero-order valence-electron chi connectivity index (χ0n) is 14.7. The lowest BCUT2D eigenvalue weighted by atomic mass is 10.2. The summed E-state index contributed by atoms with van der Waals surface area (Å²) in [6, 6.07) is 15.3. The summed E-state index contributed by atoms with van der Waals surface area (Å²) in [5.41, 5.74) is 1.60. The summed E-state index contributed by atoms with van der Waals surface area (Å²) in [7, 11) is 0. The first-order valence-corrected chi connectivity index (χ1v) is 8.58. The molecule has 0 heterocycles. The van der Waals surface area contributed by atoms with E-state index in [1.807, 2.05) is 24.3 Å². The Morgan fingerprint density at radius 2 is 1.89 bits per heavy atom. The minimum Gasteiger partial charge on any atom is -0.462 e. The van der Waals surface area contributed by atoms with Gasteiger partial charge in [-0.25, -0.2) is 4.79 Å². The van der Waals surface area contributed by atoms with Crippen molar-refractivity contribution in [3.63, 3.8) is 0 Å². The highest BCUT2D eigenvalue weighted by Gasteiger charge is 2.11. The van der Waals surface area contributed by atoms with Crippen LogP contribution in [0, 0.1) is 11.3 Å². The van der Waals surface area contributed by atoms with Gasteiger partial charge in [-0.2, -0.15) is 5.26 Å². The van der Waals surface area contributed by atoms with Gasteiger partial charge in [0, 0.05) is 23.5 Å². The number of nitrogens with one attached hydrogen (secondary N) is 2. The Morgan fingerprint density at radius 1 is 1.19 bits per heavy atom. The van der Waals surface area contributed by atoms with E-state index in [-0.39, 0.29) is 12.2 Å². The van der Waals surface area contributed by atoms with Gasteiger partial charge in [-0.05, 0) is 42.8 Å². The van der Waals surface area contributed by atoms with Crippen LogP contribution in [0.5, 0.6) is 0 Å². The topological polar surface area (TPSA) is 91.2 Å². The Balaban J connectivity index is 1.97. The summed E-state index contributed by atoms with van der Waals surface area (Å²) in [6.45, 7) is 2.39. The van der Waals surface area contributed by atoms with Crippen molar-refractivity contribution in [1.29, 1.82) is 5.26 Å². The van der Waals surface area contributed by atoms with Gasteiger partial charge in [0.05, 0.1) is 12.2 Å². The van der Waals surface area contributed by atoms with Crippen LogP contribution in [0.1, 0.15) is 22.8 Å². The fourth-order valence-electron chi connectivity index (χ4n) is 2.16. The van der Waals surface area contributed by atoms with Crippen LogP contribution in [0.4, 0.5) is 5.69 Å². The predicted octanol–water partition coefficient (Wildman–Crippen LogP) is 3.65. The number of rotatable bonds is 7. The van der Waals surface area contributed by atoms with Crippen LogP contribution in [0.15, 0.2) is 60.3 Å². The third kappa shape index (κ3) is 5.87. The second-order valence-corrected chi connectivity index (χ2v) is 5.80. The van der Waals surface area contributed by atoms with E-state index in [1.165, 1.54) is 6.20 Å². The van der Waals surface area contributed by atoms with Crippen molar-refractivity contribution in [3.05, 3.63) is 76.5 Å². The number of amides is 1. The number of nitriles is 1. The number of carbonyl (C=O) groups excluding carboxylic acids is 2. The van der Waals surface area contributed by atoms with Crippen molar-refractivity contribution >= 4 is 29.2 Å². The van der Waals surface area contributed by atoms with Crippen LogP contribution in [0.3, 0.4) is 0 Å². The Hall–Kier alpha value is -3.30. The van der Waals surface area contributed by atoms with Crippen molar-refractivity contribution in [2.24, 2.45) is 0 Å². The third-order valence-electron chi connectivity index (χ3n) is 3.52. The lowest BCUT2D eigenvalue weighted by molar-refractivity contribution is -0.112. The summed E-state index contributed by atoms with van der Waals surface area (Å²) in [6.07, 6.45) is 1.34. The van der Waals surface area contributed by atoms with E-state index in [1.54, 1.807) is 37.3 Å². The molecular formula is C20H18ClN3O3. The van der Waals surface area contributed by atoms with Crippen molar-refractivity contribution in [2.45, 2.75) is 13.5 Å². The largest absolute Gasteiger partial charge is 0.462 e. The number of anilines is 1. The van der Waals surface area contributed by atoms with Crippen LogP contribution < -0.4 is 10.6 Å². The van der Waals surface area contributed by atoms with E-state index < -0.39 is 11.9 Å². The van der Waals surface area contributed by atoms with Gasteiger partial charge in [0.2, 0.25) is 0 Å². The van der Waals surface area contributed by atoms with Crippen LogP contribution >= 0.6 is 11.6 Å². The molecule has 138 valence electrons. The molecule has 0 saturated carbocycles. The van der Waals surface area contributed by atoms with Crippen molar-refractivity contribution in [2.75, 3.05) is 11.9 Å². The molecule has 0 fully saturated rings. The van der Waals surface area contributed by atoms with E-state index in [2.05, 4.69) is 10.6 Å². The first-order chi connectivity index (χ1) is 13.0. The molecule has 0 saturated heterocycles. The van der Waals surface area contributed by atoms with Gasteiger partial charge in [-0.15, -0.1) is 0 Å². The highest BCUT2D eigenvalue weighted by molar-refractivity contribution is 6.31. The summed E-state index contributed by atoms with van der Waals surface area (Å²) in [4.78, 5) is 23.8. The first-order valence-electron chi connectivity index (χ1n) is 8.20. The average molecular weight is 384 g/mol. The van der Waals surface area contributed by atoms with Crippen molar-refractivity contribution in [3.8, 4) is 6.07 Å². The minimum atomic E-state index is -0.562. The van der Waals surface area contributed by atoms with Gasteiger partial charge in [-0.1, -0.05) is 29.8 Å². The molecule has 0 aliphatic carbocycles. The van der Waals surface area contributed by atoms with E-state index in [9.17, 15) is 14.9 Å². The van der Waals surface area contributed by atoms with Gasteiger partial charge >= 0.3 is 5.97 Å². The number of benzene rings is 2. The summed E-state index contributed by atoms with van der Waals surface area (Å²) < 4.78 is 4.90. The standard InChI is InChI=1S/C20H18ClN3O3/c1-2-27-20(26)14-7-9-17(10-8-14)24-19(25)16(11-22)13-23-12-15-5-3-4-6-18(15)21/h3-10,13,23H,2,12H2,1H3,(H,24,25)/b16-13-. The lowest BCUT2D eigenvalue weighted by Crippen LogP contribution is -2.16. The van der Waals surface area contributed by atoms with Crippen molar-refractivity contribution < 1.29 is 14.3 Å². The van der Waals surface area contributed by atoms with E-state index >= 15 is 0 Å². The third-order valence-corrected chi connectivity index (χ3v) is 3.88. The van der Waals surface area contributed by atoms with Crippen LogP contribution in [0.25, 0.3) is 0 Å². The molecule has 0 unspecified atom stereocenters. The highest BCUT2D eigenvalue weighted by atomic mass is 35.5. The second-order valence-electron chi connectivity index (χ2n) is 5.39. The molecule has 2 rings (SSSR count). The predicted molar refractivity (Wildman–Crippen MR) is 103 cm³/mol. The monoisotopic (exact) mass is 383 g/mol. The minimum absolute atomic E-state index is 0.0866. The molecule has 27 heavy (non-hydrogen) atoms. The number of ether oxygens (including phenoxy) is 1. The number of halogens is 1. The lowest BCUT2D eigenvalue weighted by Gasteiger charge is -2.07. The quantitative estimate of drug-likeness (QED) is 0.432. The van der Waals surface area contributed by atoms with Crippen molar-refractivity contribution in [1.82, 2.24) is 5.32 Å². The molecule has 2 aromatic carbocycles. The van der Waals surface area contributed by atoms with E-state index in [4.69, 9.17) is 16.3 Å². The summed E-state index contributed by atoms with van der Waals surface area (Å²) in [5.74, 6) is -0.996. The Kier molecular flexibility index (Phi) is 7.41. The zero-order valence-corrected chi connectivity index (χ0v) is 15.4. The Labute approximate surface area is 162 Å². The maximum atomic E-state index is 12.2. The van der Waals surface area contributed by atoms with Gasteiger partial charge in [0.1, 0.15) is 11.6 Å². The SMILES string of the molecule is CCOC(=O)c1ccc(NC(=O)/C(C#N)=C\NCc2ccccc2Cl)cc1. The molecule has 0 radical (unpaired) electrons. The molecule has 0 spiro atoms. The molecule has 2 aromatic rings. The molecule has 0 aliphatic rings. The smallest absolute Gasteiger partial charge is 0.338 e. The fourth-order valence-corrected chi connectivity index (χ4v) is 2.36. The Morgan fingerprint density at radius 3 is 2.52 bits per heavy atom. The second kappa shape index (κ2) is 10.00. The van der Waals surface area contributed by atoms with Crippen LogP contribution in [-0.4, -0.2) is 18.5 Å².